The predicted octanol–water partition coefficient (Wildman–Crippen LogP) is 1.65. The SMILES string of the molecule is O=C(O)c1cc(O)c2c(O)cc(C(=O)O)cc2c1. The van der Waals surface area contributed by atoms with Crippen molar-refractivity contribution in [3.63, 3.8) is 0 Å². The Morgan fingerprint density at radius 3 is 1.50 bits per heavy atom. The fourth-order valence-electron chi connectivity index (χ4n) is 1.72. The average Bonchev–Trinajstić information content (AvgIpc) is 2.27. The molecule has 0 unspecified atom stereocenters. The van der Waals surface area contributed by atoms with Crippen molar-refractivity contribution in [1.82, 2.24) is 0 Å². The molecule has 0 heterocycles. The van der Waals surface area contributed by atoms with Crippen LogP contribution < -0.4 is 0 Å². The van der Waals surface area contributed by atoms with E-state index < -0.39 is 23.4 Å². The Morgan fingerprint density at radius 1 is 0.778 bits per heavy atom. The first-order chi connectivity index (χ1) is 8.40. The van der Waals surface area contributed by atoms with Crippen LogP contribution in [0.15, 0.2) is 24.3 Å². The summed E-state index contributed by atoms with van der Waals surface area (Å²) in [4.78, 5) is 21.6. The van der Waals surface area contributed by atoms with Gasteiger partial charge in [0.2, 0.25) is 0 Å². The van der Waals surface area contributed by atoms with Gasteiger partial charge in [-0.1, -0.05) is 0 Å². The summed E-state index contributed by atoms with van der Waals surface area (Å²) < 4.78 is 0. The number of hydrogen-bond acceptors (Lipinski definition) is 4. The molecule has 6 nitrogen and oxygen atoms in total. The minimum Gasteiger partial charge on any atom is -0.507 e. The van der Waals surface area contributed by atoms with E-state index in [4.69, 9.17) is 10.2 Å². The van der Waals surface area contributed by atoms with Crippen LogP contribution in [0.25, 0.3) is 10.8 Å². The lowest BCUT2D eigenvalue weighted by Gasteiger charge is -2.07. The van der Waals surface area contributed by atoms with Gasteiger partial charge in [-0.3, -0.25) is 0 Å². The summed E-state index contributed by atoms with van der Waals surface area (Å²) in [6.45, 7) is 0. The Morgan fingerprint density at radius 2 is 1.17 bits per heavy atom. The number of carbonyl (C=O) groups is 2. The van der Waals surface area contributed by atoms with Crippen molar-refractivity contribution in [3.8, 4) is 11.5 Å². The highest BCUT2D eigenvalue weighted by atomic mass is 16.4. The Hall–Kier alpha value is -2.76. The third-order valence-corrected chi connectivity index (χ3v) is 2.50. The van der Waals surface area contributed by atoms with Crippen molar-refractivity contribution in [2.45, 2.75) is 0 Å². The van der Waals surface area contributed by atoms with E-state index in [-0.39, 0.29) is 21.9 Å². The first-order valence-electron chi connectivity index (χ1n) is 4.86. The van der Waals surface area contributed by atoms with E-state index in [1.54, 1.807) is 0 Å². The zero-order valence-corrected chi connectivity index (χ0v) is 8.91. The van der Waals surface area contributed by atoms with Gasteiger partial charge in [0.15, 0.2) is 0 Å². The van der Waals surface area contributed by atoms with Gasteiger partial charge >= 0.3 is 11.9 Å². The van der Waals surface area contributed by atoms with E-state index in [9.17, 15) is 19.8 Å². The minimum atomic E-state index is -1.26. The molecular weight excluding hydrogens is 240 g/mol. The fourth-order valence-corrected chi connectivity index (χ4v) is 1.72. The molecule has 0 saturated heterocycles. The zero-order chi connectivity index (χ0) is 13.4. The molecule has 0 bridgehead atoms. The summed E-state index contributed by atoms with van der Waals surface area (Å²) in [5.74, 6) is -3.35. The molecule has 0 saturated carbocycles. The van der Waals surface area contributed by atoms with Crippen LogP contribution in [0.1, 0.15) is 20.7 Å². The molecule has 0 aliphatic heterocycles. The van der Waals surface area contributed by atoms with Gasteiger partial charge in [0.25, 0.3) is 0 Å². The van der Waals surface area contributed by atoms with Crippen molar-refractivity contribution in [2.24, 2.45) is 0 Å². The number of carboxylic acids is 2. The molecule has 0 atom stereocenters. The second kappa shape index (κ2) is 3.92. The third kappa shape index (κ3) is 1.80. The second-order valence-electron chi connectivity index (χ2n) is 3.70. The zero-order valence-electron chi connectivity index (χ0n) is 8.91. The molecule has 0 aliphatic carbocycles. The van der Waals surface area contributed by atoms with Crippen molar-refractivity contribution >= 4 is 22.7 Å². The molecule has 2 rings (SSSR count). The molecule has 4 N–H and O–H groups in total. The monoisotopic (exact) mass is 248 g/mol. The molecule has 0 radical (unpaired) electrons. The Balaban J connectivity index is 2.84. The molecule has 0 amide bonds. The topological polar surface area (TPSA) is 115 Å². The number of phenols is 2. The van der Waals surface area contributed by atoms with Gasteiger partial charge in [-0.15, -0.1) is 0 Å². The number of rotatable bonds is 2. The molecule has 0 spiro atoms. The minimum absolute atomic E-state index is 0.0185. The quantitative estimate of drug-likeness (QED) is 0.642. The molecule has 0 aliphatic rings. The maximum absolute atomic E-state index is 10.8. The fraction of sp³-hybridized carbons (Fsp3) is 0. The first kappa shape index (κ1) is 11.7. The Labute approximate surface area is 100 Å². The molecule has 0 fully saturated rings. The van der Waals surface area contributed by atoms with Crippen LogP contribution in [0.2, 0.25) is 0 Å². The lowest BCUT2D eigenvalue weighted by Crippen LogP contribution is -1.98. The third-order valence-electron chi connectivity index (χ3n) is 2.50. The molecule has 18 heavy (non-hydrogen) atoms. The Kier molecular flexibility index (Phi) is 2.55. The highest BCUT2D eigenvalue weighted by Crippen LogP contribution is 2.35. The second-order valence-corrected chi connectivity index (χ2v) is 3.70. The molecule has 0 aromatic heterocycles. The highest BCUT2D eigenvalue weighted by Gasteiger charge is 2.14. The lowest BCUT2D eigenvalue weighted by atomic mass is 10.0. The molecule has 2 aromatic rings. The molecule has 6 heteroatoms. The van der Waals surface area contributed by atoms with E-state index in [1.165, 1.54) is 12.1 Å². The van der Waals surface area contributed by atoms with Gasteiger partial charge in [0.05, 0.1) is 16.5 Å². The van der Waals surface area contributed by atoms with Gasteiger partial charge < -0.3 is 20.4 Å². The largest absolute Gasteiger partial charge is 0.507 e. The highest BCUT2D eigenvalue weighted by molar-refractivity contribution is 6.03. The van der Waals surface area contributed by atoms with Crippen molar-refractivity contribution in [3.05, 3.63) is 35.4 Å². The number of benzene rings is 2. The predicted molar refractivity (Wildman–Crippen MR) is 61.2 cm³/mol. The van der Waals surface area contributed by atoms with Crippen LogP contribution in [0, 0.1) is 0 Å². The number of carboxylic acid groups (broad SMARTS) is 2. The first-order valence-corrected chi connectivity index (χ1v) is 4.86. The van der Waals surface area contributed by atoms with E-state index in [0.29, 0.717) is 0 Å². The number of phenolic OH excluding ortho intramolecular Hbond substituents is 2. The summed E-state index contributed by atoms with van der Waals surface area (Å²) in [7, 11) is 0. The smallest absolute Gasteiger partial charge is 0.335 e. The molecule has 92 valence electrons. The van der Waals surface area contributed by atoms with Crippen LogP contribution in [-0.4, -0.2) is 32.4 Å². The summed E-state index contributed by atoms with van der Waals surface area (Å²) in [5.41, 5.74) is -0.385. The van der Waals surface area contributed by atoms with Crippen LogP contribution in [0.5, 0.6) is 11.5 Å². The normalized spacial score (nSPS) is 10.4. The number of aromatic hydroxyl groups is 2. The summed E-state index contributed by atoms with van der Waals surface area (Å²) in [6.07, 6.45) is 0. The summed E-state index contributed by atoms with van der Waals surface area (Å²) >= 11 is 0. The van der Waals surface area contributed by atoms with Crippen LogP contribution >= 0.6 is 0 Å². The van der Waals surface area contributed by atoms with E-state index in [1.807, 2.05) is 0 Å². The van der Waals surface area contributed by atoms with Gasteiger partial charge in [0, 0.05) is 0 Å². The average molecular weight is 248 g/mol. The lowest BCUT2D eigenvalue weighted by molar-refractivity contribution is 0.0686. The summed E-state index contributed by atoms with van der Waals surface area (Å²) in [6, 6.07) is 4.35. The molecule has 2 aromatic carbocycles. The van der Waals surface area contributed by atoms with E-state index in [2.05, 4.69) is 0 Å². The van der Waals surface area contributed by atoms with Gasteiger partial charge in [-0.05, 0) is 29.7 Å². The maximum atomic E-state index is 10.8. The summed E-state index contributed by atoms with van der Waals surface area (Å²) in [5, 5.41) is 37.1. The van der Waals surface area contributed by atoms with Crippen molar-refractivity contribution in [1.29, 1.82) is 0 Å². The van der Waals surface area contributed by atoms with Crippen LogP contribution in [0.4, 0.5) is 0 Å². The van der Waals surface area contributed by atoms with Crippen molar-refractivity contribution < 1.29 is 30.0 Å². The standard InChI is InChI=1S/C12H8O6/c13-8-3-6(11(15)16)1-5-2-7(12(17)18)4-9(14)10(5)8/h1-4,13-14H,(H,15,16)(H,17,18). The van der Waals surface area contributed by atoms with Gasteiger partial charge in [-0.25, -0.2) is 9.59 Å². The number of aromatic carboxylic acids is 2. The number of hydrogen-bond donors (Lipinski definition) is 4. The van der Waals surface area contributed by atoms with Gasteiger partial charge in [-0.2, -0.15) is 0 Å². The van der Waals surface area contributed by atoms with Gasteiger partial charge in [0.1, 0.15) is 11.5 Å². The van der Waals surface area contributed by atoms with E-state index >= 15 is 0 Å². The maximum Gasteiger partial charge on any atom is 0.335 e. The van der Waals surface area contributed by atoms with Crippen molar-refractivity contribution in [2.75, 3.05) is 0 Å². The number of fused-ring (bicyclic) bond motifs is 1. The molecular formula is C12H8O6. The van der Waals surface area contributed by atoms with E-state index in [0.717, 1.165) is 12.1 Å². The Bertz CT molecular complexity index is 619. The van der Waals surface area contributed by atoms with Crippen LogP contribution in [0.3, 0.4) is 0 Å². The van der Waals surface area contributed by atoms with Crippen LogP contribution in [-0.2, 0) is 0 Å².